The van der Waals surface area contributed by atoms with Crippen molar-refractivity contribution in [2.75, 3.05) is 37.1 Å². The largest absolute Gasteiger partial charge is 0.573 e. The normalized spacial score (nSPS) is 19.7. The molecular formula is C49H59F3N10O4S. The molecule has 0 unspecified atom stereocenters. The van der Waals surface area contributed by atoms with E-state index in [1.54, 1.807) is 61.4 Å². The molecule has 1 spiro atoms. The van der Waals surface area contributed by atoms with Crippen LogP contribution >= 0.6 is 11.3 Å². The first-order valence-electron chi connectivity index (χ1n) is 22.3. The second kappa shape index (κ2) is 19.1. The number of carbonyl (C=O) groups is 1. The van der Waals surface area contributed by atoms with Crippen LogP contribution in [0, 0.1) is 52.8 Å². The van der Waals surface area contributed by atoms with E-state index >= 15 is 0 Å². The lowest BCUT2D eigenvalue weighted by Gasteiger charge is -2.63. The molecule has 1 saturated heterocycles. The summed E-state index contributed by atoms with van der Waals surface area (Å²) in [6, 6.07) is 13.5. The maximum absolute atomic E-state index is 13.5. The lowest BCUT2D eigenvalue weighted by molar-refractivity contribution is -0.274. The van der Waals surface area contributed by atoms with Crippen LogP contribution in [0.2, 0.25) is 0 Å². The summed E-state index contributed by atoms with van der Waals surface area (Å²) in [6.45, 7) is 15.3. The zero-order chi connectivity index (χ0) is 48.5. The summed E-state index contributed by atoms with van der Waals surface area (Å²) in [6.07, 6.45) is 6.30. The molecule has 356 valence electrons. The van der Waals surface area contributed by atoms with Gasteiger partial charge in [-0.15, -0.1) is 24.5 Å². The van der Waals surface area contributed by atoms with Crippen molar-refractivity contribution in [2.45, 2.75) is 99.1 Å². The number of hydrogen-bond donors (Lipinski definition) is 4. The Morgan fingerprint density at radius 3 is 2.30 bits per heavy atom. The molecule has 14 nitrogen and oxygen atoms in total. The van der Waals surface area contributed by atoms with Gasteiger partial charge in [-0.25, -0.2) is 9.97 Å². The number of aromatic nitrogens is 2. The minimum Gasteiger partial charge on any atom is -0.489 e. The first-order valence-corrected chi connectivity index (χ1v) is 23.1. The first kappa shape index (κ1) is 48.6. The van der Waals surface area contributed by atoms with Crippen LogP contribution in [0.5, 0.6) is 11.5 Å². The number of hydroxylamine groups is 1. The Kier molecular flexibility index (Phi) is 13.8. The highest BCUT2D eigenvalue weighted by Gasteiger charge is 2.64. The zero-order valence-corrected chi connectivity index (χ0v) is 40.2. The molecule has 4 N–H and O–H groups in total. The zero-order valence-electron chi connectivity index (χ0n) is 39.4. The SMILES string of the molecule is CN/C=C\ON(/C(C)=N\NC)c1sc(C)c(C)c1C(=N)c1ccc(CC2CC3(CCN(c4ncc(C(=O)NC5C(C)(C)C(Oc6ccc(C#N)c(OC(F)(F)F)c6)C5(C)C)cn4)CC3)C2)cc1. The average Bonchev–Trinajstić information content (AvgIpc) is 3.57. The van der Waals surface area contributed by atoms with E-state index in [0.717, 1.165) is 65.0 Å². The van der Waals surface area contributed by atoms with Crippen molar-refractivity contribution < 1.29 is 32.3 Å². The molecule has 3 heterocycles. The summed E-state index contributed by atoms with van der Waals surface area (Å²) in [5.41, 5.74) is 6.34. The number of aryl methyl sites for hydroxylation is 1. The fourth-order valence-corrected chi connectivity index (χ4v) is 11.7. The van der Waals surface area contributed by atoms with Crippen LogP contribution in [0.15, 0.2) is 72.4 Å². The van der Waals surface area contributed by atoms with Crippen molar-refractivity contribution in [2.24, 2.45) is 27.3 Å². The number of nitrogens with one attached hydrogen (secondary N) is 4. The standard InChI is InChI=1S/C49H59F3N10O4S/c1-29-30(2)67-42(62(31(3)60-56-9)64-21-18-55-8)39(29)40(54)34-12-10-32(11-13-34)22-33-24-48(25-33)16-19-61(20-17-48)45-57-27-36(28-58-45)41(63)59-43-46(4,5)44(47(43,6)7)65-37-15-14-35(26-53)38(23-37)66-49(50,51)52/h10-15,18,21,23,27-28,33,43-44,54-56H,16-17,19-20,22,24-25H2,1-9H3,(H,59,63)/b21-18-,54-40?,60-31-. The smallest absolute Gasteiger partial charge is 0.489 e. The molecule has 2 aromatic carbocycles. The number of amidine groups is 1. The number of hydrazone groups is 1. The number of hydrogen-bond acceptors (Lipinski definition) is 13. The van der Waals surface area contributed by atoms with Crippen molar-refractivity contribution in [3.63, 3.8) is 0 Å². The minimum atomic E-state index is -4.97. The third-order valence-electron chi connectivity index (χ3n) is 13.7. The molecular weight excluding hydrogens is 882 g/mol. The van der Waals surface area contributed by atoms with Crippen LogP contribution in [-0.2, 0) is 11.3 Å². The summed E-state index contributed by atoms with van der Waals surface area (Å²) < 4.78 is 49.3. The van der Waals surface area contributed by atoms with Gasteiger partial charge in [-0.2, -0.15) is 15.4 Å². The maximum Gasteiger partial charge on any atom is 0.573 e. The summed E-state index contributed by atoms with van der Waals surface area (Å²) in [4.78, 5) is 32.0. The second-order valence-corrected chi connectivity index (χ2v) is 20.2. The van der Waals surface area contributed by atoms with Crippen molar-refractivity contribution in [1.82, 2.24) is 26.0 Å². The molecule has 2 aliphatic carbocycles. The third-order valence-corrected chi connectivity index (χ3v) is 14.8. The van der Waals surface area contributed by atoms with E-state index in [0.29, 0.717) is 34.4 Å². The van der Waals surface area contributed by atoms with Gasteiger partial charge in [-0.3, -0.25) is 10.2 Å². The topological polar surface area (TPSA) is 173 Å². The first-order chi connectivity index (χ1) is 31.7. The maximum atomic E-state index is 13.5. The molecule has 67 heavy (non-hydrogen) atoms. The number of ether oxygens (including phenoxy) is 2. The van der Waals surface area contributed by atoms with E-state index in [1.807, 2.05) is 41.5 Å². The number of anilines is 2. The molecule has 4 aromatic rings. The summed E-state index contributed by atoms with van der Waals surface area (Å²) in [5.74, 6) is 0.937. The predicted molar refractivity (Wildman–Crippen MR) is 254 cm³/mol. The van der Waals surface area contributed by atoms with Crippen molar-refractivity contribution in [3.8, 4) is 17.6 Å². The summed E-state index contributed by atoms with van der Waals surface area (Å²) in [7, 11) is 3.53. The average molecular weight is 941 g/mol. The van der Waals surface area contributed by atoms with Gasteiger partial charge >= 0.3 is 6.36 Å². The van der Waals surface area contributed by atoms with E-state index in [4.69, 9.17) is 9.57 Å². The van der Waals surface area contributed by atoms with Gasteiger partial charge < -0.3 is 35.3 Å². The number of nitrogens with zero attached hydrogens (tertiary/aromatic N) is 6. The van der Waals surface area contributed by atoms with Gasteiger partial charge in [0, 0.05) is 84.7 Å². The van der Waals surface area contributed by atoms with Gasteiger partial charge in [-0.05, 0) is 87.5 Å². The summed E-state index contributed by atoms with van der Waals surface area (Å²) >= 11 is 1.57. The van der Waals surface area contributed by atoms with Crippen LogP contribution in [0.25, 0.3) is 0 Å². The number of alkyl halides is 3. The Hall–Kier alpha value is -6.35. The second-order valence-electron chi connectivity index (χ2n) is 19.0. The van der Waals surface area contributed by atoms with Gasteiger partial charge in [0.2, 0.25) is 5.95 Å². The Morgan fingerprint density at radius 1 is 1.04 bits per heavy atom. The highest BCUT2D eigenvalue weighted by atomic mass is 32.1. The Morgan fingerprint density at radius 2 is 1.70 bits per heavy atom. The molecule has 3 fully saturated rings. The third kappa shape index (κ3) is 10.2. The van der Waals surface area contributed by atoms with E-state index in [2.05, 4.69) is 72.0 Å². The summed E-state index contributed by atoms with van der Waals surface area (Å²) in [5, 5.41) is 31.4. The molecule has 1 amide bonds. The number of halogens is 3. The minimum absolute atomic E-state index is 0.120. The fourth-order valence-electron chi connectivity index (χ4n) is 10.5. The number of amides is 1. The van der Waals surface area contributed by atoms with Gasteiger partial charge in [0.15, 0.2) is 11.6 Å². The van der Waals surface area contributed by atoms with Gasteiger partial charge in [0.25, 0.3) is 5.91 Å². The Bertz CT molecular complexity index is 2540. The van der Waals surface area contributed by atoms with Gasteiger partial charge in [-0.1, -0.05) is 52.0 Å². The van der Waals surface area contributed by atoms with E-state index < -0.39 is 29.0 Å². The van der Waals surface area contributed by atoms with Crippen molar-refractivity contribution in [3.05, 3.63) is 106 Å². The molecule has 1 aliphatic heterocycles. The van der Waals surface area contributed by atoms with Gasteiger partial charge in [0.1, 0.15) is 29.2 Å². The van der Waals surface area contributed by atoms with Crippen LogP contribution in [-0.4, -0.2) is 73.1 Å². The highest BCUT2D eigenvalue weighted by Crippen LogP contribution is 2.56. The number of piperidine rings is 1. The van der Waals surface area contributed by atoms with Crippen LogP contribution in [0.3, 0.4) is 0 Å². The molecule has 0 bridgehead atoms. The molecule has 0 atom stereocenters. The molecule has 2 aromatic heterocycles. The number of carbonyl (C=O) groups excluding carboxylic acids is 1. The molecule has 7 rings (SSSR count). The van der Waals surface area contributed by atoms with E-state index in [9.17, 15) is 28.6 Å². The number of benzene rings is 2. The quantitative estimate of drug-likeness (QED) is 0.0388. The van der Waals surface area contributed by atoms with Crippen LogP contribution in [0.1, 0.15) is 103 Å². The van der Waals surface area contributed by atoms with Gasteiger partial charge in [0.05, 0.1) is 16.8 Å². The molecule has 2 saturated carbocycles. The fraction of sp³-hybridized carbons (Fsp3) is 0.469. The van der Waals surface area contributed by atoms with E-state index in [-0.39, 0.29) is 23.3 Å². The monoisotopic (exact) mass is 940 g/mol. The lowest BCUT2D eigenvalue weighted by atomic mass is 9.49. The molecule has 18 heteroatoms. The van der Waals surface area contributed by atoms with Crippen LogP contribution in [0.4, 0.5) is 24.1 Å². The van der Waals surface area contributed by atoms with Crippen molar-refractivity contribution >= 4 is 39.7 Å². The number of thiophene rings is 1. The van der Waals surface area contributed by atoms with E-state index in [1.165, 1.54) is 30.5 Å². The number of nitriles is 1. The van der Waals surface area contributed by atoms with Crippen LogP contribution < -0.4 is 35.5 Å². The number of rotatable bonds is 15. The lowest BCUT2D eigenvalue weighted by Crippen LogP contribution is -2.74. The Balaban J connectivity index is 0.896. The molecule has 3 aliphatic rings. The Labute approximate surface area is 394 Å². The highest BCUT2D eigenvalue weighted by molar-refractivity contribution is 7.17. The predicted octanol–water partition coefficient (Wildman–Crippen LogP) is 9.17. The molecule has 0 radical (unpaired) electrons. The van der Waals surface area contributed by atoms with Crippen molar-refractivity contribution in [1.29, 1.82) is 10.7 Å².